The molecule has 0 aromatic heterocycles. The number of hydrogen-bond donors (Lipinski definition) is 0. The van der Waals surface area contributed by atoms with Gasteiger partial charge < -0.3 is 14.2 Å². The zero-order valence-corrected chi connectivity index (χ0v) is 10.5. The maximum atomic E-state index is 5.53. The normalized spacial score (nSPS) is 10.0. The van der Waals surface area contributed by atoms with Gasteiger partial charge in [-0.2, -0.15) is 0 Å². The van der Waals surface area contributed by atoms with Crippen LogP contribution in [0.2, 0.25) is 0 Å². The molecule has 1 aromatic carbocycles. The monoisotopic (exact) mass is 224 g/mol. The second-order valence-corrected chi connectivity index (χ2v) is 3.36. The summed E-state index contributed by atoms with van der Waals surface area (Å²) in [5.74, 6) is 2.39. The third kappa shape index (κ3) is 3.05. The van der Waals surface area contributed by atoms with Crippen molar-refractivity contribution in [1.82, 2.24) is 0 Å². The van der Waals surface area contributed by atoms with E-state index < -0.39 is 0 Å². The summed E-state index contributed by atoms with van der Waals surface area (Å²) in [6, 6.07) is 3.85. The summed E-state index contributed by atoms with van der Waals surface area (Å²) in [5.41, 5.74) is 1.06. The molecule has 16 heavy (non-hydrogen) atoms. The Labute approximate surface area is 97.3 Å². The third-order valence-electron chi connectivity index (χ3n) is 2.14. The Kier molecular flexibility index (Phi) is 4.96. The van der Waals surface area contributed by atoms with Crippen molar-refractivity contribution in [2.24, 2.45) is 0 Å². The lowest BCUT2D eigenvalue weighted by Gasteiger charge is -2.14. The predicted molar refractivity (Wildman–Crippen MR) is 64.7 cm³/mol. The van der Waals surface area contributed by atoms with Crippen molar-refractivity contribution in [1.29, 1.82) is 0 Å². The van der Waals surface area contributed by atoms with E-state index in [4.69, 9.17) is 14.2 Å². The van der Waals surface area contributed by atoms with Gasteiger partial charge in [0.05, 0.1) is 19.8 Å². The van der Waals surface area contributed by atoms with Crippen molar-refractivity contribution in [3.05, 3.63) is 17.7 Å². The van der Waals surface area contributed by atoms with Gasteiger partial charge in [-0.1, -0.05) is 0 Å². The van der Waals surface area contributed by atoms with Gasteiger partial charge >= 0.3 is 0 Å². The van der Waals surface area contributed by atoms with Crippen LogP contribution in [0.3, 0.4) is 0 Å². The van der Waals surface area contributed by atoms with Crippen LogP contribution < -0.4 is 14.2 Å². The molecular weight excluding hydrogens is 204 g/mol. The van der Waals surface area contributed by atoms with Crippen molar-refractivity contribution in [2.45, 2.75) is 27.7 Å². The maximum Gasteiger partial charge on any atom is 0.164 e. The van der Waals surface area contributed by atoms with Gasteiger partial charge in [0.2, 0.25) is 0 Å². The molecule has 3 heteroatoms. The molecular formula is C13H20O3. The number of ether oxygens (including phenoxy) is 3. The predicted octanol–water partition coefficient (Wildman–Crippen LogP) is 3.19. The zero-order valence-electron chi connectivity index (χ0n) is 10.5. The third-order valence-corrected chi connectivity index (χ3v) is 2.14. The SMILES string of the molecule is CCOc1cc(OCC)c(OCC)cc1C. The minimum atomic E-state index is 0.620. The second kappa shape index (κ2) is 6.26. The van der Waals surface area contributed by atoms with Crippen LogP contribution >= 0.6 is 0 Å². The summed E-state index contributed by atoms with van der Waals surface area (Å²) >= 11 is 0. The zero-order chi connectivity index (χ0) is 12.0. The molecule has 0 N–H and O–H groups in total. The molecule has 0 amide bonds. The van der Waals surface area contributed by atoms with Crippen LogP contribution in [0.15, 0.2) is 12.1 Å². The summed E-state index contributed by atoms with van der Waals surface area (Å²) in [5, 5.41) is 0. The fourth-order valence-electron chi connectivity index (χ4n) is 1.49. The van der Waals surface area contributed by atoms with E-state index in [1.54, 1.807) is 0 Å². The lowest BCUT2D eigenvalue weighted by Crippen LogP contribution is -2.01. The van der Waals surface area contributed by atoms with Crippen LogP contribution in [0.25, 0.3) is 0 Å². The molecule has 90 valence electrons. The van der Waals surface area contributed by atoms with Gasteiger partial charge in [-0.15, -0.1) is 0 Å². The number of rotatable bonds is 6. The molecule has 0 saturated carbocycles. The molecule has 0 spiro atoms. The molecule has 0 fully saturated rings. The van der Waals surface area contributed by atoms with Gasteiger partial charge in [-0.25, -0.2) is 0 Å². The molecule has 0 heterocycles. The quantitative estimate of drug-likeness (QED) is 0.742. The van der Waals surface area contributed by atoms with Gasteiger partial charge in [0.25, 0.3) is 0 Å². The van der Waals surface area contributed by atoms with E-state index >= 15 is 0 Å². The van der Waals surface area contributed by atoms with Crippen LogP contribution in [0.1, 0.15) is 26.3 Å². The first-order chi connectivity index (χ1) is 7.72. The number of benzene rings is 1. The molecule has 0 radical (unpaired) electrons. The van der Waals surface area contributed by atoms with Crippen molar-refractivity contribution in [2.75, 3.05) is 19.8 Å². The van der Waals surface area contributed by atoms with Crippen LogP contribution in [0, 0.1) is 6.92 Å². The molecule has 0 atom stereocenters. The summed E-state index contributed by atoms with van der Waals surface area (Å²) in [4.78, 5) is 0. The van der Waals surface area contributed by atoms with E-state index in [2.05, 4.69) is 0 Å². The van der Waals surface area contributed by atoms with Gasteiger partial charge in [0, 0.05) is 6.07 Å². The Morgan fingerprint density at radius 3 is 1.69 bits per heavy atom. The molecule has 0 aliphatic heterocycles. The molecule has 0 aliphatic rings. The summed E-state index contributed by atoms with van der Waals surface area (Å²) in [6.45, 7) is 9.79. The molecule has 0 aliphatic carbocycles. The van der Waals surface area contributed by atoms with Crippen molar-refractivity contribution >= 4 is 0 Å². The minimum Gasteiger partial charge on any atom is -0.493 e. The van der Waals surface area contributed by atoms with Gasteiger partial charge in [-0.3, -0.25) is 0 Å². The summed E-state index contributed by atoms with van der Waals surface area (Å²) in [7, 11) is 0. The number of hydrogen-bond acceptors (Lipinski definition) is 3. The van der Waals surface area contributed by atoms with Crippen molar-refractivity contribution < 1.29 is 14.2 Å². The van der Waals surface area contributed by atoms with Gasteiger partial charge in [0.1, 0.15) is 5.75 Å². The fraction of sp³-hybridized carbons (Fsp3) is 0.538. The van der Waals surface area contributed by atoms with E-state index in [0.29, 0.717) is 19.8 Å². The van der Waals surface area contributed by atoms with E-state index in [-0.39, 0.29) is 0 Å². The van der Waals surface area contributed by atoms with Crippen LogP contribution in [-0.4, -0.2) is 19.8 Å². The highest BCUT2D eigenvalue weighted by Crippen LogP contribution is 2.34. The molecule has 1 rings (SSSR count). The highest BCUT2D eigenvalue weighted by Gasteiger charge is 2.10. The number of aryl methyl sites for hydroxylation is 1. The molecule has 0 bridgehead atoms. The van der Waals surface area contributed by atoms with E-state index in [1.807, 2.05) is 39.8 Å². The lowest BCUT2D eigenvalue weighted by atomic mass is 10.2. The Morgan fingerprint density at radius 1 is 0.750 bits per heavy atom. The highest BCUT2D eigenvalue weighted by atomic mass is 16.5. The second-order valence-electron chi connectivity index (χ2n) is 3.36. The summed E-state index contributed by atoms with van der Waals surface area (Å²) in [6.07, 6.45) is 0. The first-order valence-electron chi connectivity index (χ1n) is 5.75. The molecule has 0 saturated heterocycles. The standard InChI is InChI=1S/C13H20O3/c1-5-14-11-9-13(16-7-3)12(15-6-2)8-10(11)4/h8-9H,5-7H2,1-4H3. The maximum absolute atomic E-state index is 5.53. The Balaban J connectivity index is 3.03. The van der Waals surface area contributed by atoms with Gasteiger partial charge in [-0.05, 0) is 39.3 Å². The Hall–Kier alpha value is -1.38. The van der Waals surface area contributed by atoms with Gasteiger partial charge in [0.15, 0.2) is 11.5 Å². The van der Waals surface area contributed by atoms with Crippen LogP contribution in [-0.2, 0) is 0 Å². The van der Waals surface area contributed by atoms with E-state index in [0.717, 1.165) is 22.8 Å². The smallest absolute Gasteiger partial charge is 0.164 e. The highest BCUT2D eigenvalue weighted by molar-refractivity contribution is 5.50. The van der Waals surface area contributed by atoms with E-state index in [1.165, 1.54) is 0 Å². The largest absolute Gasteiger partial charge is 0.493 e. The first-order valence-corrected chi connectivity index (χ1v) is 5.75. The lowest BCUT2D eigenvalue weighted by molar-refractivity contribution is 0.282. The first kappa shape index (κ1) is 12.7. The molecule has 0 unspecified atom stereocenters. The average Bonchev–Trinajstić information content (AvgIpc) is 2.25. The summed E-state index contributed by atoms with van der Waals surface area (Å²) < 4.78 is 16.6. The van der Waals surface area contributed by atoms with E-state index in [9.17, 15) is 0 Å². The van der Waals surface area contributed by atoms with Crippen molar-refractivity contribution in [3.8, 4) is 17.2 Å². The molecule has 1 aromatic rings. The van der Waals surface area contributed by atoms with Crippen molar-refractivity contribution in [3.63, 3.8) is 0 Å². The Bertz CT molecular complexity index is 334. The topological polar surface area (TPSA) is 27.7 Å². The van der Waals surface area contributed by atoms with Crippen LogP contribution in [0.5, 0.6) is 17.2 Å². The average molecular weight is 224 g/mol. The Morgan fingerprint density at radius 2 is 1.19 bits per heavy atom. The van der Waals surface area contributed by atoms with Crippen LogP contribution in [0.4, 0.5) is 0 Å². The molecule has 3 nitrogen and oxygen atoms in total. The minimum absolute atomic E-state index is 0.620. The fourth-order valence-corrected chi connectivity index (χ4v) is 1.49.